The Hall–Kier alpha value is -3.31. The molecule has 0 fully saturated rings. The van der Waals surface area contributed by atoms with Gasteiger partial charge in [0.05, 0.1) is 6.04 Å². The number of halogens is 1. The number of carbonyl (C=O) groups excluding carboxylic acids is 2. The summed E-state index contributed by atoms with van der Waals surface area (Å²) >= 11 is 5.85. The summed E-state index contributed by atoms with van der Waals surface area (Å²) < 4.78 is 0. The highest BCUT2D eigenvalue weighted by molar-refractivity contribution is 6.30. The number of hydrogen-bond acceptors (Lipinski definition) is 2. The van der Waals surface area contributed by atoms with Crippen LogP contribution >= 0.6 is 11.6 Å². The zero-order valence-corrected chi connectivity index (χ0v) is 16.7. The molecule has 3 rings (SSSR count). The minimum absolute atomic E-state index is 0.123. The summed E-state index contributed by atoms with van der Waals surface area (Å²) in [6.07, 6.45) is 0. The molecule has 0 bridgehead atoms. The molecule has 0 aliphatic heterocycles. The maximum atomic E-state index is 12.3. The van der Waals surface area contributed by atoms with E-state index < -0.39 is 0 Å². The van der Waals surface area contributed by atoms with Crippen molar-refractivity contribution in [2.24, 2.45) is 0 Å². The predicted molar refractivity (Wildman–Crippen MR) is 116 cm³/mol. The first-order chi connectivity index (χ1) is 14.0. The molecule has 0 aromatic heterocycles. The van der Waals surface area contributed by atoms with Crippen molar-refractivity contribution in [3.05, 3.63) is 101 Å². The van der Waals surface area contributed by atoms with Gasteiger partial charge in [-0.25, -0.2) is 4.79 Å². The van der Waals surface area contributed by atoms with Gasteiger partial charge in [0.2, 0.25) is 0 Å². The van der Waals surface area contributed by atoms with E-state index in [4.69, 9.17) is 11.6 Å². The highest BCUT2D eigenvalue weighted by Crippen LogP contribution is 2.17. The van der Waals surface area contributed by atoms with Crippen LogP contribution in [-0.2, 0) is 6.54 Å². The number of amides is 3. The first kappa shape index (κ1) is 20.4. The maximum absolute atomic E-state index is 12.3. The van der Waals surface area contributed by atoms with Gasteiger partial charge in [-0.3, -0.25) is 4.79 Å². The molecule has 3 amide bonds. The molecule has 3 N–H and O–H groups in total. The Kier molecular flexibility index (Phi) is 6.87. The highest BCUT2D eigenvalue weighted by atomic mass is 35.5. The van der Waals surface area contributed by atoms with Gasteiger partial charge in [0.25, 0.3) is 5.91 Å². The van der Waals surface area contributed by atoms with E-state index in [9.17, 15) is 9.59 Å². The average Bonchev–Trinajstić information content (AvgIpc) is 2.74. The summed E-state index contributed by atoms with van der Waals surface area (Å²) in [6.45, 7) is 2.33. The summed E-state index contributed by atoms with van der Waals surface area (Å²) in [7, 11) is 0. The monoisotopic (exact) mass is 407 g/mol. The molecule has 0 heterocycles. The second kappa shape index (κ2) is 9.75. The first-order valence-corrected chi connectivity index (χ1v) is 9.64. The van der Waals surface area contributed by atoms with Crippen LogP contribution in [0.5, 0.6) is 0 Å². The topological polar surface area (TPSA) is 70.2 Å². The lowest BCUT2D eigenvalue weighted by atomic mass is 10.1. The largest absolute Gasteiger partial charge is 0.346 e. The van der Waals surface area contributed by atoms with Gasteiger partial charge in [0, 0.05) is 22.8 Å². The SMILES string of the molecule is C[C@H](NC(=O)c1ccccc1)c1ccc(NC(=O)NCc2ccc(Cl)cc2)cc1. The zero-order valence-electron chi connectivity index (χ0n) is 16.0. The van der Waals surface area contributed by atoms with E-state index in [0.29, 0.717) is 22.8 Å². The standard InChI is InChI=1S/C23H22ClN3O2/c1-16(26-22(28)19-5-3-2-4-6-19)18-9-13-21(14-10-18)27-23(29)25-15-17-7-11-20(24)12-8-17/h2-14,16H,15H2,1H3,(H,26,28)(H2,25,27,29)/t16-/m0/s1. The molecule has 0 unspecified atom stereocenters. The van der Waals surface area contributed by atoms with Crippen molar-refractivity contribution in [1.82, 2.24) is 10.6 Å². The number of benzene rings is 3. The van der Waals surface area contributed by atoms with Crippen molar-refractivity contribution in [3.8, 4) is 0 Å². The van der Waals surface area contributed by atoms with Crippen molar-refractivity contribution in [2.45, 2.75) is 19.5 Å². The molecule has 3 aromatic carbocycles. The third-order valence-corrected chi connectivity index (χ3v) is 4.67. The van der Waals surface area contributed by atoms with Crippen LogP contribution < -0.4 is 16.0 Å². The molecule has 29 heavy (non-hydrogen) atoms. The van der Waals surface area contributed by atoms with Crippen LogP contribution in [0.2, 0.25) is 5.02 Å². The molecule has 148 valence electrons. The van der Waals surface area contributed by atoms with Crippen molar-refractivity contribution in [1.29, 1.82) is 0 Å². The van der Waals surface area contributed by atoms with Crippen LogP contribution in [0.4, 0.5) is 10.5 Å². The smallest absolute Gasteiger partial charge is 0.319 e. The fourth-order valence-electron chi connectivity index (χ4n) is 2.77. The van der Waals surface area contributed by atoms with Gasteiger partial charge in [-0.2, -0.15) is 0 Å². The summed E-state index contributed by atoms with van der Waals surface area (Å²) in [5.74, 6) is -0.123. The van der Waals surface area contributed by atoms with E-state index in [0.717, 1.165) is 11.1 Å². The number of carbonyl (C=O) groups is 2. The van der Waals surface area contributed by atoms with Gasteiger partial charge < -0.3 is 16.0 Å². The lowest BCUT2D eigenvalue weighted by Crippen LogP contribution is -2.28. The fraction of sp³-hybridized carbons (Fsp3) is 0.130. The molecule has 3 aromatic rings. The second-order valence-electron chi connectivity index (χ2n) is 6.62. The van der Waals surface area contributed by atoms with Crippen molar-refractivity contribution in [2.75, 3.05) is 5.32 Å². The molecule has 0 spiro atoms. The van der Waals surface area contributed by atoms with Crippen LogP contribution in [0.1, 0.15) is 34.5 Å². The summed E-state index contributed by atoms with van der Waals surface area (Å²) in [4.78, 5) is 24.3. The Labute approximate surface area is 175 Å². The van der Waals surface area contributed by atoms with E-state index >= 15 is 0 Å². The molecule has 0 radical (unpaired) electrons. The Morgan fingerprint density at radius 3 is 2.21 bits per heavy atom. The van der Waals surface area contributed by atoms with Gasteiger partial charge in [-0.05, 0) is 54.4 Å². The van der Waals surface area contributed by atoms with Gasteiger partial charge in [-0.1, -0.05) is 54.1 Å². The van der Waals surface area contributed by atoms with Crippen LogP contribution in [-0.4, -0.2) is 11.9 Å². The number of rotatable bonds is 6. The van der Waals surface area contributed by atoms with Gasteiger partial charge in [0.15, 0.2) is 0 Å². The minimum atomic E-state index is -0.293. The molecule has 6 heteroatoms. The summed E-state index contributed by atoms with van der Waals surface area (Å²) in [5.41, 5.74) is 3.20. The number of anilines is 1. The van der Waals surface area contributed by atoms with Crippen molar-refractivity contribution >= 4 is 29.2 Å². The normalized spacial score (nSPS) is 11.4. The minimum Gasteiger partial charge on any atom is -0.346 e. The molecular weight excluding hydrogens is 386 g/mol. The first-order valence-electron chi connectivity index (χ1n) is 9.26. The maximum Gasteiger partial charge on any atom is 0.319 e. The Bertz CT molecular complexity index is 958. The van der Waals surface area contributed by atoms with Crippen LogP contribution in [0, 0.1) is 0 Å². The van der Waals surface area contributed by atoms with Crippen molar-refractivity contribution < 1.29 is 9.59 Å². The van der Waals surface area contributed by atoms with E-state index in [1.165, 1.54) is 0 Å². The lowest BCUT2D eigenvalue weighted by molar-refractivity contribution is 0.0940. The lowest BCUT2D eigenvalue weighted by Gasteiger charge is -2.15. The number of nitrogens with one attached hydrogen (secondary N) is 3. The molecule has 1 atom stereocenters. The second-order valence-corrected chi connectivity index (χ2v) is 7.05. The van der Waals surface area contributed by atoms with Gasteiger partial charge in [-0.15, -0.1) is 0 Å². The Morgan fingerprint density at radius 1 is 0.897 bits per heavy atom. The Balaban J connectivity index is 1.50. The number of urea groups is 1. The van der Waals surface area contributed by atoms with E-state index in [-0.39, 0.29) is 18.0 Å². The fourth-order valence-corrected chi connectivity index (χ4v) is 2.89. The predicted octanol–water partition coefficient (Wildman–Crippen LogP) is 5.15. The van der Waals surface area contributed by atoms with Crippen LogP contribution in [0.25, 0.3) is 0 Å². The summed E-state index contributed by atoms with van der Waals surface area (Å²) in [5, 5.41) is 9.22. The summed E-state index contributed by atoms with van der Waals surface area (Å²) in [6, 6.07) is 23.3. The quantitative estimate of drug-likeness (QED) is 0.528. The van der Waals surface area contributed by atoms with Crippen molar-refractivity contribution in [3.63, 3.8) is 0 Å². The molecule has 5 nitrogen and oxygen atoms in total. The Morgan fingerprint density at radius 2 is 1.55 bits per heavy atom. The molecule has 0 aliphatic carbocycles. The zero-order chi connectivity index (χ0) is 20.6. The third-order valence-electron chi connectivity index (χ3n) is 4.42. The van der Waals surface area contributed by atoms with E-state index in [1.807, 2.05) is 61.5 Å². The van der Waals surface area contributed by atoms with Gasteiger partial charge in [0.1, 0.15) is 0 Å². The van der Waals surface area contributed by atoms with E-state index in [2.05, 4.69) is 16.0 Å². The van der Waals surface area contributed by atoms with Gasteiger partial charge >= 0.3 is 6.03 Å². The molecule has 0 saturated heterocycles. The van der Waals surface area contributed by atoms with Crippen LogP contribution in [0.3, 0.4) is 0 Å². The van der Waals surface area contributed by atoms with Crippen LogP contribution in [0.15, 0.2) is 78.9 Å². The number of hydrogen-bond donors (Lipinski definition) is 3. The molecular formula is C23H22ClN3O2. The average molecular weight is 408 g/mol. The third kappa shape index (κ3) is 6.09. The van der Waals surface area contributed by atoms with E-state index in [1.54, 1.807) is 24.3 Å². The molecule has 0 aliphatic rings. The highest BCUT2D eigenvalue weighted by Gasteiger charge is 2.11. The molecule has 0 saturated carbocycles.